The van der Waals surface area contributed by atoms with Crippen molar-refractivity contribution in [1.29, 1.82) is 0 Å². The summed E-state index contributed by atoms with van der Waals surface area (Å²) in [5.74, 6) is -0.802. The smallest absolute Gasteiger partial charge is 0.296 e. The topological polar surface area (TPSA) is 138 Å². The molecule has 0 atom stereocenters. The Hall–Kier alpha value is -3.70. The molecule has 0 fully saturated rings. The number of phenols is 1. The first-order chi connectivity index (χ1) is 18.0. The summed E-state index contributed by atoms with van der Waals surface area (Å²) in [6, 6.07) is 15.6. The summed E-state index contributed by atoms with van der Waals surface area (Å²) >= 11 is 12.5. The largest absolute Gasteiger partial charge is 0.505 e. The second kappa shape index (κ2) is 11.0. The van der Waals surface area contributed by atoms with E-state index in [1.165, 1.54) is 19.1 Å². The second-order valence-corrected chi connectivity index (χ2v) is 10.2. The SMILES string of the molecule is CCOc1cccc(NC(=O)c2cc3ccccc3c(N=Nc3c(S(=O)(=O)O)ccc(Cl)c3C)c2O)c1Cl. The fourth-order valence-electron chi connectivity index (χ4n) is 3.74. The maximum absolute atomic E-state index is 13.2. The van der Waals surface area contributed by atoms with Crippen molar-refractivity contribution >= 4 is 67.1 Å². The third-order valence-corrected chi connectivity index (χ3v) is 7.29. The lowest BCUT2D eigenvalue weighted by Gasteiger charge is -2.13. The standard InChI is InChI=1S/C26H21Cl2N3O6S/c1-3-37-20-10-6-9-19(22(20)28)29-26(33)17-13-15-7-4-5-8-16(15)24(25(17)32)31-30-23-14(2)18(27)11-12-21(23)38(34,35)36/h4-13,32H,3H2,1-2H3,(H,29,33)(H,34,35,36). The zero-order chi connectivity index (χ0) is 27.6. The highest BCUT2D eigenvalue weighted by Gasteiger charge is 2.22. The van der Waals surface area contributed by atoms with E-state index in [2.05, 4.69) is 15.5 Å². The number of ether oxygens (including phenoxy) is 1. The number of nitrogens with zero attached hydrogens (tertiary/aromatic N) is 2. The summed E-state index contributed by atoms with van der Waals surface area (Å²) in [5, 5.41) is 23.3. The van der Waals surface area contributed by atoms with E-state index < -0.39 is 26.7 Å². The molecule has 9 nitrogen and oxygen atoms in total. The summed E-state index contributed by atoms with van der Waals surface area (Å²) in [4.78, 5) is 12.7. The van der Waals surface area contributed by atoms with Gasteiger partial charge in [0.2, 0.25) is 0 Å². The Balaban J connectivity index is 1.84. The molecule has 0 saturated carbocycles. The second-order valence-electron chi connectivity index (χ2n) is 8.04. The van der Waals surface area contributed by atoms with Gasteiger partial charge in [-0.2, -0.15) is 8.42 Å². The van der Waals surface area contributed by atoms with Crippen LogP contribution in [0, 0.1) is 6.92 Å². The molecular weight excluding hydrogens is 553 g/mol. The van der Waals surface area contributed by atoms with Crippen molar-refractivity contribution in [3.05, 3.63) is 81.8 Å². The van der Waals surface area contributed by atoms with Gasteiger partial charge in [0.05, 0.1) is 17.9 Å². The number of halogens is 2. The quantitative estimate of drug-likeness (QED) is 0.155. The summed E-state index contributed by atoms with van der Waals surface area (Å²) in [6.07, 6.45) is 0. The number of carbonyl (C=O) groups is 1. The molecule has 0 aromatic heterocycles. The first-order valence-electron chi connectivity index (χ1n) is 11.2. The van der Waals surface area contributed by atoms with Crippen LogP contribution >= 0.6 is 23.2 Å². The number of anilines is 1. The molecule has 196 valence electrons. The van der Waals surface area contributed by atoms with E-state index in [0.29, 0.717) is 23.1 Å². The molecule has 0 aliphatic rings. The third-order valence-electron chi connectivity index (χ3n) is 5.61. The Kier molecular flexibility index (Phi) is 7.89. The Morgan fingerprint density at radius 2 is 1.74 bits per heavy atom. The number of nitrogens with one attached hydrogen (secondary N) is 1. The lowest BCUT2D eigenvalue weighted by atomic mass is 10.0. The molecule has 0 unspecified atom stereocenters. The van der Waals surface area contributed by atoms with Crippen LogP contribution < -0.4 is 10.1 Å². The van der Waals surface area contributed by atoms with Gasteiger partial charge < -0.3 is 15.2 Å². The molecule has 0 aliphatic carbocycles. The molecule has 0 saturated heterocycles. The van der Waals surface area contributed by atoms with E-state index in [4.69, 9.17) is 27.9 Å². The van der Waals surface area contributed by atoms with Crippen LogP contribution in [0.3, 0.4) is 0 Å². The van der Waals surface area contributed by atoms with Crippen molar-refractivity contribution in [2.45, 2.75) is 18.7 Å². The van der Waals surface area contributed by atoms with Gasteiger partial charge in [0.25, 0.3) is 16.0 Å². The fraction of sp³-hybridized carbons (Fsp3) is 0.115. The monoisotopic (exact) mass is 573 g/mol. The minimum atomic E-state index is -4.66. The average molecular weight is 574 g/mol. The van der Waals surface area contributed by atoms with Crippen molar-refractivity contribution in [3.63, 3.8) is 0 Å². The van der Waals surface area contributed by atoms with Gasteiger partial charge >= 0.3 is 0 Å². The highest BCUT2D eigenvalue weighted by Crippen LogP contribution is 2.42. The highest BCUT2D eigenvalue weighted by molar-refractivity contribution is 7.86. The normalized spacial score (nSPS) is 11.7. The maximum Gasteiger partial charge on any atom is 0.296 e. The van der Waals surface area contributed by atoms with E-state index in [1.807, 2.05) is 0 Å². The van der Waals surface area contributed by atoms with Crippen LogP contribution in [0.15, 0.2) is 75.8 Å². The predicted molar refractivity (Wildman–Crippen MR) is 146 cm³/mol. The van der Waals surface area contributed by atoms with Crippen molar-refractivity contribution < 1.29 is 27.6 Å². The molecule has 0 radical (unpaired) electrons. The van der Waals surface area contributed by atoms with Gasteiger partial charge in [0, 0.05) is 10.4 Å². The van der Waals surface area contributed by atoms with Crippen molar-refractivity contribution in [2.24, 2.45) is 10.2 Å². The Bertz CT molecular complexity index is 1710. The number of aromatic hydroxyl groups is 1. The number of hydrogen-bond donors (Lipinski definition) is 3. The maximum atomic E-state index is 13.2. The molecule has 1 amide bonds. The minimum absolute atomic E-state index is 0.0944. The van der Waals surface area contributed by atoms with Crippen LogP contribution in [-0.2, 0) is 10.1 Å². The van der Waals surface area contributed by atoms with Gasteiger partial charge in [-0.15, -0.1) is 10.2 Å². The zero-order valence-electron chi connectivity index (χ0n) is 20.1. The van der Waals surface area contributed by atoms with Crippen LogP contribution in [0.2, 0.25) is 10.0 Å². The van der Waals surface area contributed by atoms with Crippen LogP contribution in [-0.4, -0.2) is 30.6 Å². The van der Waals surface area contributed by atoms with Gasteiger partial charge in [-0.25, -0.2) is 0 Å². The number of carbonyl (C=O) groups excluding carboxylic acids is 1. The van der Waals surface area contributed by atoms with E-state index >= 15 is 0 Å². The van der Waals surface area contributed by atoms with Gasteiger partial charge in [-0.1, -0.05) is 53.5 Å². The number of amides is 1. The third kappa shape index (κ3) is 5.44. The van der Waals surface area contributed by atoms with Crippen LogP contribution in [0.5, 0.6) is 11.5 Å². The number of rotatable bonds is 7. The predicted octanol–water partition coefficient (Wildman–Crippen LogP) is 7.47. The molecule has 3 N–H and O–H groups in total. The summed E-state index contributed by atoms with van der Waals surface area (Å²) in [6.45, 7) is 3.68. The summed E-state index contributed by atoms with van der Waals surface area (Å²) < 4.78 is 38.9. The molecule has 0 spiro atoms. The van der Waals surface area contributed by atoms with Gasteiger partial charge in [0.1, 0.15) is 27.0 Å². The lowest BCUT2D eigenvalue weighted by molar-refractivity contribution is 0.102. The highest BCUT2D eigenvalue weighted by atomic mass is 35.5. The van der Waals surface area contributed by atoms with Crippen molar-refractivity contribution in [2.75, 3.05) is 11.9 Å². The Labute approximate surface area is 228 Å². The van der Waals surface area contributed by atoms with E-state index in [1.54, 1.807) is 49.4 Å². The fourth-order valence-corrected chi connectivity index (χ4v) is 4.80. The number of fused-ring (bicyclic) bond motifs is 1. The molecule has 12 heteroatoms. The van der Waals surface area contributed by atoms with Crippen molar-refractivity contribution in [1.82, 2.24) is 0 Å². The van der Waals surface area contributed by atoms with E-state index in [-0.39, 0.29) is 38.2 Å². The Morgan fingerprint density at radius 1 is 1.03 bits per heavy atom. The molecular formula is C26H21Cl2N3O6S. The molecule has 0 aliphatic heterocycles. The van der Waals surface area contributed by atoms with E-state index in [9.17, 15) is 22.9 Å². The molecule has 0 heterocycles. The van der Waals surface area contributed by atoms with Gasteiger partial charge in [-0.3, -0.25) is 9.35 Å². The first-order valence-corrected chi connectivity index (χ1v) is 13.4. The zero-order valence-corrected chi connectivity index (χ0v) is 22.4. The minimum Gasteiger partial charge on any atom is -0.505 e. The Morgan fingerprint density at radius 3 is 2.45 bits per heavy atom. The molecule has 38 heavy (non-hydrogen) atoms. The molecule has 4 rings (SSSR count). The number of hydrogen-bond acceptors (Lipinski definition) is 7. The van der Waals surface area contributed by atoms with E-state index in [0.717, 1.165) is 6.07 Å². The lowest BCUT2D eigenvalue weighted by Crippen LogP contribution is -2.13. The molecule has 4 aromatic rings. The number of phenolic OH excluding ortho intramolecular Hbond substituents is 1. The summed E-state index contributed by atoms with van der Waals surface area (Å²) in [7, 11) is -4.66. The van der Waals surface area contributed by atoms with Gasteiger partial charge in [-0.05, 0) is 55.1 Å². The molecule has 0 bridgehead atoms. The number of benzene rings is 4. The van der Waals surface area contributed by atoms with Crippen LogP contribution in [0.1, 0.15) is 22.8 Å². The average Bonchev–Trinajstić information content (AvgIpc) is 2.87. The summed E-state index contributed by atoms with van der Waals surface area (Å²) in [5.41, 5.74) is 0.0760. The number of azo groups is 1. The molecule has 4 aromatic carbocycles. The van der Waals surface area contributed by atoms with Crippen LogP contribution in [0.4, 0.5) is 17.1 Å². The van der Waals surface area contributed by atoms with Crippen molar-refractivity contribution in [3.8, 4) is 11.5 Å². The van der Waals surface area contributed by atoms with Gasteiger partial charge in [0.15, 0.2) is 5.75 Å². The first kappa shape index (κ1) is 27.3. The van der Waals surface area contributed by atoms with Crippen LogP contribution in [0.25, 0.3) is 10.8 Å².